The summed E-state index contributed by atoms with van der Waals surface area (Å²) in [6, 6.07) is 2.27. The second-order valence-electron chi connectivity index (χ2n) is 8.08. The van der Waals surface area contributed by atoms with Gasteiger partial charge in [-0.05, 0) is 45.2 Å². The summed E-state index contributed by atoms with van der Waals surface area (Å²) in [5.41, 5.74) is -2.28. The highest BCUT2D eigenvalue weighted by atomic mass is 19.4. The molecule has 2 fully saturated rings. The minimum atomic E-state index is -4.61. The molecule has 1 aromatic rings. The first-order valence-electron chi connectivity index (χ1n) is 8.79. The van der Waals surface area contributed by atoms with Crippen LogP contribution in [0.5, 0.6) is 5.88 Å². The van der Waals surface area contributed by atoms with Crippen molar-refractivity contribution in [3.8, 4) is 5.88 Å². The van der Waals surface area contributed by atoms with Gasteiger partial charge in [-0.3, -0.25) is 4.90 Å². The van der Waals surface area contributed by atoms with Crippen LogP contribution in [-0.2, 0) is 16.5 Å². The SMILES string of the molecule is CC(C)(C)N1CCC(Oc2cc(C3(O)COC3)cc(C(F)(F)F)n2)CC1. The van der Waals surface area contributed by atoms with Crippen molar-refractivity contribution in [1.82, 2.24) is 9.88 Å². The van der Waals surface area contributed by atoms with E-state index in [-0.39, 0.29) is 36.3 Å². The first kappa shape index (κ1) is 19.4. The Balaban J connectivity index is 1.76. The molecule has 5 nitrogen and oxygen atoms in total. The number of hydrogen-bond acceptors (Lipinski definition) is 5. The van der Waals surface area contributed by atoms with Crippen LogP contribution in [0.2, 0.25) is 0 Å². The summed E-state index contributed by atoms with van der Waals surface area (Å²) >= 11 is 0. The zero-order valence-electron chi connectivity index (χ0n) is 15.3. The number of aromatic nitrogens is 1. The van der Waals surface area contributed by atoms with Crippen LogP contribution >= 0.6 is 0 Å². The van der Waals surface area contributed by atoms with E-state index >= 15 is 0 Å². The number of rotatable bonds is 3. The molecule has 146 valence electrons. The van der Waals surface area contributed by atoms with Gasteiger partial charge in [0.2, 0.25) is 5.88 Å². The van der Waals surface area contributed by atoms with Crippen molar-refractivity contribution in [1.29, 1.82) is 0 Å². The average molecular weight is 374 g/mol. The van der Waals surface area contributed by atoms with Gasteiger partial charge in [-0.15, -0.1) is 0 Å². The summed E-state index contributed by atoms with van der Waals surface area (Å²) in [5.74, 6) is -0.0932. The third-order valence-electron chi connectivity index (χ3n) is 4.99. The van der Waals surface area contributed by atoms with E-state index in [9.17, 15) is 18.3 Å². The number of likely N-dealkylation sites (tertiary alicyclic amines) is 1. The predicted molar refractivity (Wildman–Crippen MR) is 88.9 cm³/mol. The molecule has 8 heteroatoms. The van der Waals surface area contributed by atoms with E-state index in [0.29, 0.717) is 0 Å². The van der Waals surface area contributed by atoms with Gasteiger partial charge < -0.3 is 14.6 Å². The number of hydrogen-bond donors (Lipinski definition) is 1. The molecule has 26 heavy (non-hydrogen) atoms. The first-order valence-corrected chi connectivity index (χ1v) is 8.79. The van der Waals surface area contributed by atoms with E-state index in [4.69, 9.17) is 9.47 Å². The molecule has 0 amide bonds. The molecule has 2 aliphatic rings. The van der Waals surface area contributed by atoms with Crippen LogP contribution in [0.25, 0.3) is 0 Å². The smallest absolute Gasteiger partial charge is 0.433 e. The standard InChI is InChI=1S/C18H25F3N2O3/c1-16(2,3)23-6-4-13(5-7-23)26-15-9-12(17(24)10-25-11-17)8-14(22-15)18(19,20)21/h8-9,13,24H,4-7,10-11H2,1-3H3. The number of alkyl halides is 3. The summed E-state index contributed by atoms with van der Waals surface area (Å²) in [5, 5.41) is 10.3. The van der Waals surface area contributed by atoms with Crippen molar-refractivity contribution < 1.29 is 27.8 Å². The molecule has 2 saturated heterocycles. The molecule has 0 atom stereocenters. The van der Waals surface area contributed by atoms with Crippen LogP contribution in [0.4, 0.5) is 13.2 Å². The fourth-order valence-electron chi connectivity index (χ4n) is 3.26. The monoisotopic (exact) mass is 374 g/mol. The summed E-state index contributed by atoms with van der Waals surface area (Å²) in [7, 11) is 0. The van der Waals surface area contributed by atoms with Gasteiger partial charge in [0.05, 0.1) is 13.2 Å². The van der Waals surface area contributed by atoms with E-state index in [0.717, 1.165) is 32.0 Å². The predicted octanol–water partition coefficient (Wildman–Crippen LogP) is 2.96. The number of ether oxygens (including phenoxy) is 2. The molecule has 0 spiro atoms. The number of pyridine rings is 1. The molecule has 0 bridgehead atoms. The van der Waals surface area contributed by atoms with Gasteiger partial charge >= 0.3 is 6.18 Å². The topological polar surface area (TPSA) is 54.8 Å². The maximum Gasteiger partial charge on any atom is 0.433 e. The van der Waals surface area contributed by atoms with Gasteiger partial charge in [-0.2, -0.15) is 13.2 Å². The lowest BCUT2D eigenvalue weighted by Crippen LogP contribution is -2.48. The molecule has 0 saturated carbocycles. The molecular weight excluding hydrogens is 349 g/mol. The first-order chi connectivity index (χ1) is 12.0. The minimum absolute atomic E-state index is 0.0300. The van der Waals surface area contributed by atoms with E-state index < -0.39 is 17.5 Å². The van der Waals surface area contributed by atoms with E-state index in [1.807, 2.05) is 0 Å². The molecule has 3 rings (SSSR count). The largest absolute Gasteiger partial charge is 0.474 e. The van der Waals surface area contributed by atoms with Gasteiger partial charge in [0, 0.05) is 24.7 Å². The van der Waals surface area contributed by atoms with Crippen molar-refractivity contribution >= 4 is 0 Å². The fraction of sp³-hybridized carbons (Fsp3) is 0.722. The van der Waals surface area contributed by atoms with Crippen LogP contribution in [0, 0.1) is 0 Å². The van der Waals surface area contributed by atoms with Crippen molar-refractivity contribution in [3.63, 3.8) is 0 Å². The van der Waals surface area contributed by atoms with Crippen molar-refractivity contribution in [2.24, 2.45) is 0 Å². The average Bonchev–Trinajstić information content (AvgIpc) is 2.51. The lowest BCUT2D eigenvalue weighted by molar-refractivity contribution is -0.185. The van der Waals surface area contributed by atoms with Crippen LogP contribution < -0.4 is 4.74 Å². The van der Waals surface area contributed by atoms with Crippen molar-refractivity contribution in [2.45, 2.75) is 57.0 Å². The van der Waals surface area contributed by atoms with Gasteiger partial charge in [-0.1, -0.05) is 0 Å². The molecule has 0 aliphatic carbocycles. The van der Waals surface area contributed by atoms with Crippen LogP contribution in [0.15, 0.2) is 12.1 Å². The maximum absolute atomic E-state index is 13.2. The summed E-state index contributed by atoms with van der Waals surface area (Å²) in [4.78, 5) is 5.95. The Morgan fingerprint density at radius 1 is 1.19 bits per heavy atom. The maximum atomic E-state index is 13.2. The zero-order chi connectivity index (χ0) is 19.2. The molecule has 0 unspecified atom stereocenters. The summed E-state index contributed by atoms with van der Waals surface area (Å²) < 4.78 is 50.3. The Morgan fingerprint density at radius 2 is 1.81 bits per heavy atom. The van der Waals surface area contributed by atoms with Crippen molar-refractivity contribution in [2.75, 3.05) is 26.3 Å². The van der Waals surface area contributed by atoms with E-state index in [1.165, 1.54) is 6.07 Å². The molecular formula is C18H25F3N2O3. The summed E-state index contributed by atoms with van der Waals surface area (Å²) in [6.07, 6.45) is -3.36. The fourth-order valence-corrected chi connectivity index (χ4v) is 3.26. The minimum Gasteiger partial charge on any atom is -0.474 e. The number of halogens is 3. The second kappa shape index (κ2) is 6.65. The molecule has 1 N–H and O–H groups in total. The molecule has 0 aromatic carbocycles. The normalized spacial score (nSPS) is 22.1. The third-order valence-corrected chi connectivity index (χ3v) is 4.99. The second-order valence-corrected chi connectivity index (χ2v) is 8.08. The number of aliphatic hydroxyl groups is 1. The molecule has 3 heterocycles. The van der Waals surface area contributed by atoms with Crippen LogP contribution in [0.1, 0.15) is 44.9 Å². The van der Waals surface area contributed by atoms with Crippen molar-refractivity contribution in [3.05, 3.63) is 23.4 Å². The van der Waals surface area contributed by atoms with Crippen LogP contribution in [-0.4, -0.2) is 52.9 Å². The summed E-state index contributed by atoms with van der Waals surface area (Å²) in [6.45, 7) is 7.98. The van der Waals surface area contributed by atoms with Crippen LogP contribution in [0.3, 0.4) is 0 Å². The zero-order valence-corrected chi connectivity index (χ0v) is 15.3. The number of nitrogens with zero attached hydrogens (tertiary/aromatic N) is 2. The van der Waals surface area contributed by atoms with Gasteiger partial charge in [-0.25, -0.2) is 4.98 Å². The van der Waals surface area contributed by atoms with Gasteiger partial charge in [0.15, 0.2) is 0 Å². The Hall–Kier alpha value is -1.38. The molecule has 0 radical (unpaired) electrons. The Kier molecular flexibility index (Phi) is 4.96. The molecule has 2 aliphatic heterocycles. The highest BCUT2D eigenvalue weighted by Crippen LogP contribution is 2.36. The van der Waals surface area contributed by atoms with Gasteiger partial charge in [0.1, 0.15) is 17.4 Å². The van der Waals surface area contributed by atoms with E-state index in [1.54, 1.807) is 0 Å². The quantitative estimate of drug-likeness (QED) is 0.882. The lowest BCUT2D eigenvalue weighted by Gasteiger charge is -2.40. The Bertz CT molecular complexity index is 646. The van der Waals surface area contributed by atoms with Gasteiger partial charge in [0.25, 0.3) is 0 Å². The lowest BCUT2D eigenvalue weighted by atomic mass is 9.92. The number of piperidine rings is 1. The highest BCUT2D eigenvalue weighted by molar-refractivity contribution is 5.32. The Morgan fingerprint density at radius 3 is 2.27 bits per heavy atom. The highest BCUT2D eigenvalue weighted by Gasteiger charge is 2.42. The Labute approximate surface area is 151 Å². The van der Waals surface area contributed by atoms with E-state index in [2.05, 4.69) is 30.7 Å². The molecule has 1 aromatic heterocycles. The third kappa shape index (κ3) is 4.13.